The molecule has 5 heteroatoms. The molecule has 1 saturated heterocycles. The average molecular weight is 265 g/mol. The predicted molar refractivity (Wildman–Crippen MR) is 71.4 cm³/mol. The number of hydrogen-bond donors (Lipinski definition) is 2. The minimum absolute atomic E-state index is 0.0271. The van der Waals surface area contributed by atoms with E-state index in [4.69, 9.17) is 10.00 Å². The highest BCUT2D eigenvalue weighted by Gasteiger charge is 2.59. The first-order valence-electron chi connectivity index (χ1n) is 7.10. The maximum atomic E-state index is 11.8. The fraction of sp³-hybridized carbons (Fsp3) is 0.857. The molecule has 0 aromatic heterocycles. The van der Waals surface area contributed by atoms with Crippen molar-refractivity contribution < 1.29 is 9.53 Å². The molecular weight excluding hydrogens is 242 g/mol. The molecule has 0 aromatic rings. The van der Waals surface area contributed by atoms with E-state index in [2.05, 4.69) is 30.6 Å². The van der Waals surface area contributed by atoms with Gasteiger partial charge in [0.2, 0.25) is 0 Å². The zero-order chi connectivity index (χ0) is 13.9. The number of nitriles is 1. The molecule has 3 atom stereocenters. The molecule has 0 unspecified atom stereocenters. The second kappa shape index (κ2) is 5.79. The standard InChI is InChI=1S/C14H23N3O2/c1-14(2)11(10-6-9-19-12(10)14)17-13(18)16-8-5-3-4-7-15/h10-12H,3-6,8-9H2,1-2H3,(H2,16,17,18)/t10-,11+,12+/m0/s1. The van der Waals surface area contributed by atoms with Gasteiger partial charge in [-0.1, -0.05) is 13.8 Å². The van der Waals surface area contributed by atoms with Gasteiger partial charge >= 0.3 is 6.03 Å². The molecule has 0 aromatic carbocycles. The van der Waals surface area contributed by atoms with E-state index in [0.29, 0.717) is 25.0 Å². The summed E-state index contributed by atoms with van der Waals surface area (Å²) in [4.78, 5) is 11.8. The van der Waals surface area contributed by atoms with Crippen LogP contribution in [0.3, 0.4) is 0 Å². The van der Waals surface area contributed by atoms with E-state index < -0.39 is 0 Å². The Hall–Kier alpha value is -1.28. The fourth-order valence-electron chi connectivity index (χ4n) is 3.34. The van der Waals surface area contributed by atoms with Crippen molar-refractivity contribution in [1.29, 1.82) is 5.26 Å². The molecule has 0 radical (unpaired) electrons. The summed E-state index contributed by atoms with van der Waals surface area (Å²) >= 11 is 0. The fourth-order valence-corrected chi connectivity index (χ4v) is 3.34. The molecule has 5 nitrogen and oxygen atoms in total. The van der Waals surface area contributed by atoms with E-state index in [1.165, 1.54) is 0 Å². The van der Waals surface area contributed by atoms with Crippen LogP contribution >= 0.6 is 0 Å². The van der Waals surface area contributed by atoms with Crippen molar-refractivity contribution in [2.45, 2.75) is 51.7 Å². The van der Waals surface area contributed by atoms with Crippen LogP contribution in [0.5, 0.6) is 0 Å². The van der Waals surface area contributed by atoms with Crippen molar-refractivity contribution in [2.24, 2.45) is 11.3 Å². The number of ether oxygens (including phenoxy) is 1. The number of rotatable bonds is 5. The van der Waals surface area contributed by atoms with Gasteiger partial charge in [-0.3, -0.25) is 0 Å². The van der Waals surface area contributed by atoms with Gasteiger partial charge in [-0.2, -0.15) is 5.26 Å². The number of carbonyl (C=O) groups is 1. The first-order chi connectivity index (χ1) is 9.07. The van der Waals surface area contributed by atoms with Crippen LogP contribution in [0.4, 0.5) is 4.79 Å². The first kappa shape index (κ1) is 14.1. The summed E-state index contributed by atoms with van der Waals surface area (Å²) in [5.74, 6) is 0.472. The van der Waals surface area contributed by atoms with Gasteiger partial charge in [0, 0.05) is 36.9 Å². The lowest BCUT2D eigenvalue weighted by molar-refractivity contribution is -0.108. The van der Waals surface area contributed by atoms with E-state index in [1.54, 1.807) is 0 Å². The molecule has 0 bridgehead atoms. The second-order valence-corrected chi connectivity index (χ2v) is 6.06. The average Bonchev–Trinajstić information content (AvgIpc) is 2.82. The van der Waals surface area contributed by atoms with Crippen LogP contribution < -0.4 is 10.6 Å². The van der Waals surface area contributed by atoms with Gasteiger partial charge in [0.25, 0.3) is 0 Å². The van der Waals surface area contributed by atoms with Crippen LogP contribution in [0, 0.1) is 22.7 Å². The molecule has 1 heterocycles. The lowest BCUT2D eigenvalue weighted by atomic mass is 9.57. The van der Waals surface area contributed by atoms with Gasteiger partial charge in [0.05, 0.1) is 12.2 Å². The summed E-state index contributed by atoms with van der Waals surface area (Å²) in [6.07, 6.45) is 3.59. The number of amides is 2. The number of fused-ring (bicyclic) bond motifs is 1. The number of hydrogen-bond acceptors (Lipinski definition) is 3. The van der Waals surface area contributed by atoms with Crippen LogP contribution in [0.25, 0.3) is 0 Å². The molecular formula is C14H23N3O2. The summed E-state index contributed by atoms with van der Waals surface area (Å²) in [6.45, 7) is 5.74. The maximum absolute atomic E-state index is 11.8. The monoisotopic (exact) mass is 265 g/mol. The van der Waals surface area contributed by atoms with Crippen LogP contribution in [0.1, 0.15) is 39.5 Å². The number of nitrogens with one attached hydrogen (secondary N) is 2. The van der Waals surface area contributed by atoms with E-state index in [-0.39, 0.29) is 17.5 Å². The number of nitrogens with zero attached hydrogens (tertiary/aromatic N) is 1. The molecule has 106 valence electrons. The van der Waals surface area contributed by atoms with Crippen molar-refractivity contribution in [2.75, 3.05) is 13.2 Å². The van der Waals surface area contributed by atoms with Crippen molar-refractivity contribution in [1.82, 2.24) is 10.6 Å². The molecule has 2 aliphatic rings. The predicted octanol–water partition coefficient (Wildman–Crippen LogP) is 1.79. The molecule has 2 rings (SSSR count). The van der Waals surface area contributed by atoms with Gasteiger partial charge in [0.1, 0.15) is 0 Å². The number of carbonyl (C=O) groups excluding carboxylic acids is 1. The van der Waals surface area contributed by atoms with Crippen LogP contribution in [0.15, 0.2) is 0 Å². The summed E-state index contributed by atoms with van der Waals surface area (Å²) in [5, 5.41) is 14.3. The zero-order valence-corrected chi connectivity index (χ0v) is 11.7. The topological polar surface area (TPSA) is 74.2 Å². The highest BCUT2D eigenvalue weighted by atomic mass is 16.5. The second-order valence-electron chi connectivity index (χ2n) is 6.06. The smallest absolute Gasteiger partial charge is 0.315 e. The lowest BCUT2D eigenvalue weighted by Crippen LogP contribution is -2.67. The lowest BCUT2D eigenvalue weighted by Gasteiger charge is -2.54. The third-order valence-corrected chi connectivity index (χ3v) is 4.39. The van der Waals surface area contributed by atoms with Crippen LogP contribution in [0.2, 0.25) is 0 Å². The largest absolute Gasteiger partial charge is 0.377 e. The van der Waals surface area contributed by atoms with Gasteiger partial charge < -0.3 is 15.4 Å². The summed E-state index contributed by atoms with van der Waals surface area (Å²) < 4.78 is 5.70. The Morgan fingerprint density at radius 3 is 3.00 bits per heavy atom. The highest BCUT2D eigenvalue weighted by molar-refractivity contribution is 5.74. The van der Waals surface area contributed by atoms with E-state index in [9.17, 15) is 4.79 Å². The SMILES string of the molecule is CC1(C)[C@H](NC(=O)NCCCCC#N)[C@@H]2CCO[C@H]21. The third-order valence-electron chi connectivity index (χ3n) is 4.39. The van der Waals surface area contributed by atoms with Gasteiger partial charge in [0.15, 0.2) is 0 Å². The normalized spacial score (nSPS) is 30.9. The Balaban J connectivity index is 1.69. The Morgan fingerprint density at radius 2 is 2.26 bits per heavy atom. The minimum atomic E-state index is -0.0969. The maximum Gasteiger partial charge on any atom is 0.315 e. The van der Waals surface area contributed by atoms with E-state index in [1.807, 2.05) is 0 Å². The number of unbranched alkanes of at least 4 members (excludes halogenated alkanes) is 2. The van der Waals surface area contributed by atoms with Crippen molar-refractivity contribution in [3.8, 4) is 6.07 Å². The summed E-state index contributed by atoms with van der Waals surface area (Å²) in [6, 6.07) is 2.21. The van der Waals surface area contributed by atoms with Gasteiger partial charge in [-0.05, 0) is 19.3 Å². The van der Waals surface area contributed by atoms with Gasteiger partial charge in [-0.25, -0.2) is 4.79 Å². The minimum Gasteiger partial charge on any atom is -0.377 e. The number of urea groups is 1. The van der Waals surface area contributed by atoms with E-state index in [0.717, 1.165) is 25.9 Å². The summed E-state index contributed by atoms with van der Waals surface area (Å²) in [7, 11) is 0. The van der Waals surface area contributed by atoms with Crippen LogP contribution in [-0.2, 0) is 4.74 Å². The van der Waals surface area contributed by atoms with Crippen molar-refractivity contribution in [3.05, 3.63) is 0 Å². The van der Waals surface area contributed by atoms with Crippen molar-refractivity contribution in [3.63, 3.8) is 0 Å². The first-order valence-corrected chi connectivity index (χ1v) is 7.10. The third kappa shape index (κ3) is 2.84. The quantitative estimate of drug-likeness (QED) is 0.744. The molecule has 1 aliphatic carbocycles. The van der Waals surface area contributed by atoms with Crippen LogP contribution in [-0.4, -0.2) is 31.3 Å². The highest BCUT2D eigenvalue weighted by Crippen LogP contribution is 2.51. The molecule has 2 N–H and O–H groups in total. The Morgan fingerprint density at radius 1 is 1.47 bits per heavy atom. The molecule has 1 aliphatic heterocycles. The van der Waals surface area contributed by atoms with Gasteiger partial charge in [-0.15, -0.1) is 0 Å². The zero-order valence-electron chi connectivity index (χ0n) is 11.7. The Labute approximate surface area is 114 Å². The van der Waals surface area contributed by atoms with Crippen molar-refractivity contribution >= 4 is 6.03 Å². The molecule has 2 fully saturated rings. The Kier molecular flexibility index (Phi) is 4.31. The Bertz CT molecular complexity index is 375. The molecule has 0 spiro atoms. The van der Waals surface area contributed by atoms with E-state index >= 15 is 0 Å². The summed E-state index contributed by atoms with van der Waals surface area (Å²) in [5.41, 5.74) is 0.0271. The molecule has 1 saturated carbocycles. The molecule has 19 heavy (non-hydrogen) atoms. The molecule has 2 amide bonds.